The molecule has 1 aromatic rings. The van der Waals surface area contributed by atoms with Crippen LogP contribution in [0.2, 0.25) is 0 Å². The molecule has 0 aromatic carbocycles. The van der Waals surface area contributed by atoms with E-state index in [9.17, 15) is 4.79 Å². The van der Waals surface area contributed by atoms with Crippen LogP contribution in [0.3, 0.4) is 0 Å². The Bertz CT molecular complexity index is 542. The molecule has 3 heterocycles. The highest BCUT2D eigenvalue weighted by molar-refractivity contribution is 5.72. The van der Waals surface area contributed by atoms with Gasteiger partial charge in [-0.25, -0.2) is 0 Å². The topological polar surface area (TPSA) is 61.4 Å². The Morgan fingerprint density at radius 2 is 2.04 bits per heavy atom. The first kappa shape index (κ1) is 16.3. The number of aromatic nitrogens is 2. The fourth-order valence-electron chi connectivity index (χ4n) is 3.75. The molecule has 2 aliphatic rings. The first-order valence-corrected chi connectivity index (χ1v) is 8.63. The molecule has 2 aliphatic heterocycles. The number of likely N-dealkylation sites (tertiary alicyclic amines) is 2. The van der Waals surface area contributed by atoms with Crippen LogP contribution in [0.15, 0.2) is 12.4 Å². The predicted octanol–water partition coefficient (Wildman–Crippen LogP) is 1.34. The van der Waals surface area contributed by atoms with Crippen molar-refractivity contribution < 1.29 is 4.79 Å². The van der Waals surface area contributed by atoms with Crippen LogP contribution in [-0.2, 0) is 11.3 Å². The van der Waals surface area contributed by atoms with Crippen molar-refractivity contribution in [3.05, 3.63) is 23.8 Å². The van der Waals surface area contributed by atoms with E-state index in [1.54, 1.807) is 6.20 Å². The molecule has 1 atom stereocenters. The van der Waals surface area contributed by atoms with E-state index in [4.69, 9.17) is 4.98 Å². The minimum Gasteiger partial charge on any atom is -0.351 e. The lowest BCUT2D eigenvalue weighted by molar-refractivity contribution is -0.119. The van der Waals surface area contributed by atoms with E-state index in [-0.39, 0.29) is 5.91 Å². The van der Waals surface area contributed by atoms with E-state index in [2.05, 4.69) is 27.1 Å². The van der Waals surface area contributed by atoms with Crippen molar-refractivity contribution in [2.45, 2.75) is 51.2 Å². The molecule has 0 bridgehead atoms. The highest BCUT2D eigenvalue weighted by Gasteiger charge is 2.34. The van der Waals surface area contributed by atoms with Gasteiger partial charge in [0.15, 0.2) is 0 Å². The molecule has 6 nitrogen and oxygen atoms in total. The lowest BCUT2D eigenvalue weighted by Crippen LogP contribution is -2.43. The van der Waals surface area contributed by atoms with Crippen LogP contribution in [0.1, 0.15) is 50.0 Å². The summed E-state index contributed by atoms with van der Waals surface area (Å²) in [7, 11) is 2.20. The average Bonchev–Trinajstić information content (AvgIpc) is 3.03. The summed E-state index contributed by atoms with van der Waals surface area (Å²) in [6.45, 7) is 5.51. The van der Waals surface area contributed by atoms with E-state index < -0.39 is 0 Å². The van der Waals surface area contributed by atoms with E-state index in [0.717, 1.165) is 24.4 Å². The third-order valence-electron chi connectivity index (χ3n) is 5.01. The molecular weight excluding hydrogens is 290 g/mol. The minimum absolute atomic E-state index is 0.0361. The van der Waals surface area contributed by atoms with Gasteiger partial charge in [-0.2, -0.15) is 0 Å². The van der Waals surface area contributed by atoms with Gasteiger partial charge in [0.1, 0.15) is 0 Å². The smallest absolute Gasteiger partial charge is 0.217 e. The molecule has 1 aromatic heterocycles. The lowest BCUT2D eigenvalue weighted by Gasteiger charge is -2.38. The fraction of sp³-hybridized carbons (Fsp3) is 0.706. The summed E-state index contributed by atoms with van der Waals surface area (Å²) >= 11 is 0. The molecule has 2 saturated heterocycles. The third-order valence-corrected chi connectivity index (χ3v) is 5.01. The normalized spacial score (nSPS) is 24.0. The number of piperidine rings is 1. The number of hydrogen-bond acceptors (Lipinski definition) is 5. The predicted molar refractivity (Wildman–Crippen MR) is 88.8 cm³/mol. The largest absolute Gasteiger partial charge is 0.351 e. The van der Waals surface area contributed by atoms with Crippen LogP contribution in [-0.4, -0.2) is 58.4 Å². The van der Waals surface area contributed by atoms with Gasteiger partial charge in [0.05, 0.1) is 36.4 Å². The van der Waals surface area contributed by atoms with Gasteiger partial charge in [-0.3, -0.25) is 19.7 Å². The van der Waals surface area contributed by atoms with Crippen LogP contribution in [0.5, 0.6) is 0 Å². The van der Waals surface area contributed by atoms with Crippen molar-refractivity contribution in [3.63, 3.8) is 0 Å². The second kappa shape index (κ2) is 7.36. The standard InChI is InChI=1S/C17H27N5O/c1-13(23)19-11-14-10-18-12-16(20-14)17-4-3-7-22(17)15-5-8-21(2)9-6-15/h10,12,15,17H,3-9,11H2,1-2H3,(H,19,23)/t17-/m0/s1. The number of carbonyl (C=O) groups is 1. The lowest BCUT2D eigenvalue weighted by atomic mass is 10.0. The van der Waals surface area contributed by atoms with Crippen molar-refractivity contribution in [2.24, 2.45) is 0 Å². The van der Waals surface area contributed by atoms with Crippen molar-refractivity contribution in [2.75, 3.05) is 26.7 Å². The summed E-state index contributed by atoms with van der Waals surface area (Å²) in [4.78, 5) is 25.2. The van der Waals surface area contributed by atoms with Gasteiger partial charge in [0, 0.05) is 13.0 Å². The molecule has 1 N–H and O–H groups in total. The Hall–Kier alpha value is -1.53. The number of nitrogens with one attached hydrogen (secondary N) is 1. The zero-order valence-electron chi connectivity index (χ0n) is 14.2. The van der Waals surface area contributed by atoms with E-state index in [1.807, 2.05) is 6.20 Å². The van der Waals surface area contributed by atoms with Crippen molar-refractivity contribution in [1.82, 2.24) is 25.1 Å². The first-order valence-electron chi connectivity index (χ1n) is 8.63. The fourth-order valence-corrected chi connectivity index (χ4v) is 3.75. The molecule has 0 unspecified atom stereocenters. The zero-order chi connectivity index (χ0) is 16.2. The molecule has 0 aliphatic carbocycles. The van der Waals surface area contributed by atoms with Gasteiger partial charge < -0.3 is 10.2 Å². The van der Waals surface area contributed by atoms with Gasteiger partial charge in [0.2, 0.25) is 5.91 Å². The van der Waals surface area contributed by atoms with Gasteiger partial charge in [0.25, 0.3) is 0 Å². The minimum atomic E-state index is -0.0361. The van der Waals surface area contributed by atoms with Crippen LogP contribution in [0.4, 0.5) is 0 Å². The van der Waals surface area contributed by atoms with Gasteiger partial charge >= 0.3 is 0 Å². The number of hydrogen-bond donors (Lipinski definition) is 1. The van der Waals surface area contributed by atoms with E-state index >= 15 is 0 Å². The van der Waals surface area contributed by atoms with Crippen LogP contribution in [0, 0.1) is 0 Å². The molecular formula is C17H27N5O. The van der Waals surface area contributed by atoms with Crippen LogP contribution < -0.4 is 5.32 Å². The van der Waals surface area contributed by atoms with Gasteiger partial charge in [-0.15, -0.1) is 0 Å². The summed E-state index contributed by atoms with van der Waals surface area (Å²) in [5, 5.41) is 2.80. The monoisotopic (exact) mass is 317 g/mol. The molecule has 126 valence electrons. The van der Waals surface area contributed by atoms with Crippen molar-refractivity contribution >= 4 is 5.91 Å². The van der Waals surface area contributed by atoms with E-state index in [1.165, 1.54) is 39.3 Å². The highest BCUT2D eigenvalue weighted by Crippen LogP contribution is 2.35. The van der Waals surface area contributed by atoms with E-state index in [0.29, 0.717) is 18.6 Å². The Kier molecular flexibility index (Phi) is 5.23. The van der Waals surface area contributed by atoms with Gasteiger partial charge in [-0.05, 0) is 52.4 Å². The zero-order valence-corrected chi connectivity index (χ0v) is 14.2. The quantitative estimate of drug-likeness (QED) is 0.908. The number of amides is 1. The molecule has 3 rings (SSSR count). The second-order valence-corrected chi connectivity index (χ2v) is 6.78. The summed E-state index contributed by atoms with van der Waals surface area (Å²) in [5.41, 5.74) is 1.90. The van der Waals surface area contributed by atoms with Crippen molar-refractivity contribution in [1.29, 1.82) is 0 Å². The molecule has 0 radical (unpaired) electrons. The Labute approximate surface area is 138 Å². The number of carbonyl (C=O) groups excluding carboxylic acids is 1. The molecule has 2 fully saturated rings. The maximum absolute atomic E-state index is 11.1. The summed E-state index contributed by atoms with van der Waals surface area (Å²) in [6, 6.07) is 1.05. The average molecular weight is 317 g/mol. The summed E-state index contributed by atoms with van der Waals surface area (Å²) in [5.74, 6) is -0.0361. The Balaban J connectivity index is 1.69. The van der Waals surface area contributed by atoms with Crippen molar-refractivity contribution in [3.8, 4) is 0 Å². The second-order valence-electron chi connectivity index (χ2n) is 6.78. The third kappa shape index (κ3) is 4.06. The highest BCUT2D eigenvalue weighted by atomic mass is 16.1. The first-order chi connectivity index (χ1) is 11.1. The van der Waals surface area contributed by atoms with Crippen LogP contribution in [0.25, 0.3) is 0 Å². The maximum atomic E-state index is 11.1. The Morgan fingerprint density at radius 3 is 2.78 bits per heavy atom. The molecule has 0 saturated carbocycles. The molecule has 0 spiro atoms. The van der Waals surface area contributed by atoms with Crippen LogP contribution >= 0.6 is 0 Å². The number of rotatable bonds is 4. The molecule has 1 amide bonds. The molecule has 6 heteroatoms. The Morgan fingerprint density at radius 1 is 1.26 bits per heavy atom. The molecule has 23 heavy (non-hydrogen) atoms. The summed E-state index contributed by atoms with van der Waals surface area (Å²) in [6.07, 6.45) is 8.51. The van der Waals surface area contributed by atoms with Gasteiger partial charge in [-0.1, -0.05) is 0 Å². The summed E-state index contributed by atoms with van der Waals surface area (Å²) < 4.78 is 0. The maximum Gasteiger partial charge on any atom is 0.217 e. The number of nitrogens with zero attached hydrogens (tertiary/aromatic N) is 4. The SMILES string of the molecule is CC(=O)NCc1cncc([C@@H]2CCCN2C2CCN(C)CC2)n1.